The van der Waals surface area contributed by atoms with Crippen molar-refractivity contribution >= 4 is 35.8 Å². The molecule has 0 saturated heterocycles. The number of alkyl halides is 2. The molecule has 0 aromatic heterocycles. The number of thiol groups is 1. The van der Waals surface area contributed by atoms with Crippen LogP contribution in [0.15, 0.2) is 35.2 Å². The third-order valence-corrected chi connectivity index (χ3v) is 1.05. The average molecular weight is 255 g/mol. The highest BCUT2D eigenvalue weighted by Crippen LogP contribution is 2.00. The summed E-state index contributed by atoms with van der Waals surface area (Å²) in [6, 6.07) is 9.79. The summed E-state index contributed by atoms with van der Waals surface area (Å²) in [7, 11) is 0. The van der Waals surface area contributed by atoms with Gasteiger partial charge in [0.05, 0.1) is 5.34 Å². The second kappa shape index (κ2) is 23.2. The monoisotopic (exact) mass is 254 g/mol. The maximum absolute atomic E-state index is 4.76. The molecule has 0 nitrogen and oxygen atoms in total. The lowest BCUT2D eigenvalue weighted by atomic mass is 10.4. The lowest BCUT2D eigenvalue weighted by molar-refractivity contribution is 1.48. The van der Waals surface area contributed by atoms with Crippen molar-refractivity contribution in [3.05, 3.63) is 30.3 Å². The predicted octanol–water partition coefficient (Wildman–Crippen LogP) is 5.45. The van der Waals surface area contributed by atoms with Gasteiger partial charge < -0.3 is 0 Å². The first-order chi connectivity index (χ1) is 6.81. The zero-order valence-electron chi connectivity index (χ0n) is 9.30. The van der Waals surface area contributed by atoms with Crippen molar-refractivity contribution < 1.29 is 0 Å². The first kappa shape index (κ1) is 19.7. The highest BCUT2D eigenvalue weighted by molar-refractivity contribution is 7.80. The second-order valence-electron chi connectivity index (χ2n) is 1.44. The Bertz CT molecular complexity index is 155. The molecule has 14 heavy (non-hydrogen) atoms. The summed E-state index contributed by atoms with van der Waals surface area (Å²) in [5.74, 6) is 0. The van der Waals surface area contributed by atoms with E-state index in [0.717, 1.165) is 4.90 Å². The van der Waals surface area contributed by atoms with Crippen molar-refractivity contribution in [1.29, 1.82) is 0 Å². The Labute approximate surface area is 104 Å². The van der Waals surface area contributed by atoms with Crippen molar-refractivity contribution in [2.45, 2.75) is 32.6 Å². The lowest BCUT2D eigenvalue weighted by Crippen LogP contribution is -1.56. The summed E-state index contributed by atoms with van der Waals surface area (Å²) in [6.45, 7) is 8.00. The topological polar surface area (TPSA) is 0 Å². The normalized spacial score (nSPS) is 6.50. The Hall–Kier alpha value is 0.150. The maximum atomic E-state index is 4.76. The van der Waals surface area contributed by atoms with Gasteiger partial charge in [-0.15, -0.1) is 35.8 Å². The van der Waals surface area contributed by atoms with Gasteiger partial charge in [-0.2, -0.15) is 0 Å². The molecule has 0 aliphatic carbocycles. The van der Waals surface area contributed by atoms with E-state index in [-0.39, 0.29) is 5.34 Å². The van der Waals surface area contributed by atoms with Crippen LogP contribution in [0, 0.1) is 0 Å². The first-order valence-corrected chi connectivity index (χ1v) is 6.19. The summed E-state index contributed by atoms with van der Waals surface area (Å²) in [6.07, 6.45) is 0. The number of benzene rings is 1. The van der Waals surface area contributed by atoms with Gasteiger partial charge in [0, 0.05) is 4.90 Å². The van der Waals surface area contributed by atoms with Crippen molar-refractivity contribution in [3.8, 4) is 0 Å². The zero-order chi connectivity index (χ0) is 11.8. The summed E-state index contributed by atoms with van der Waals surface area (Å²) < 4.78 is 0. The highest BCUT2D eigenvalue weighted by Gasteiger charge is 1.73. The van der Waals surface area contributed by atoms with E-state index in [1.807, 2.05) is 58.0 Å². The minimum absolute atomic E-state index is 0.194. The smallest absolute Gasteiger partial charge is 0.0967 e. The van der Waals surface area contributed by atoms with E-state index in [1.165, 1.54) is 0 Å². The summed E-state index contributed by atoms with van der Waals surface area (Å²) in [4.78, 5) is 1.02. The Morgan fingerprint density at radius 3 is 1.36 bits per heavy atom. The number of halogens is 2. The van der Waals surface area contributed by atoms with Crippen LogP contribution >= 0.6 is 35.8 Å². The molecule has 0 N–H and O–H groups in total. The molecule has 0 unspecified atom stereocenters. The van der Waals surface area contributed by atoms with Crippen molar-refractivity contribution in [2.24, 2.45) is 0 Å². The Balaban J connectivity index is -0.000000148. The Morgan fingerprint density at radius 1 is 0.929 bits per heavy atom. The van der Waals surface area contributed by atoms with E-state index >= 15 is 0 Å². The van der Waals surface area contributed by atoms with Gasteiger partial charge in [-0.3, -0.25) is 0 Å². The maximum Gasteiger partial charge on any atom is 0.0967 e. The molecule has 0 bridgehead atoms. The largest absolute Gasteiger partial charge is 0.143 e. The van der Waals surface area contributed by atoms with Gasteiger partial charge in [-0.1, -0.05) is 45.9 Å². The molecule has 0 amide bonds. The van der Waals surface area contributed by atoms with E-state index in [9.17, 15) is 0 Å². The van der Waals surface area contributed by atoms with Gasteiger partial charge in [0.1, 0.15) is 0 Å². The molecule has 84 valence electrons. The standard InChI is InChI=1S/C6H6S.2C2H6.CH2Cl2/c7-6-4-2-1-3-5-6;2*1-2;2-1-3/h1-5,7H;2*1-2H3;1H2. The number of rotatable bonds is 0. The molecule has 0 aliphatic rings. The van der Waals surface area contributed by atoms with Crippen LogP contribution in [-0.4, -0.2) is 5.34 Å². The third kappa shape index (κ3) is 22.7. The molecule has 1 rings (SSSR count). The molecular formula is C11H20Cl2S. The van der Waals surface area contributed by atoms with Crippen LogP contribution in [0.25, 0.3) is 0 Å². The average Bonchev–Trinajstić information content (AvgIpc) is 2.26. The van der Waals surface area contributed by atoms with Crippen LogP contribution in [0.4, 0.5) is 0 Å². The summed E-state index contributed by atoms with van der Waals surface area (Å²) in [5, 5.41) is 0.194. The van der Waals surface area contributed by atoms with Crippen LogP contribution in [0.1, 0.15) is 27.7 Å². The van der Waals surface area contributed by atoms with Crippen LogP contribution in [0.2, 0.25) is 0 Å². The molecule has 0 aliphatic heterocycles. The molecule has 0 saturated carbocycles. The fourth-order valence-corrected chi connectivity index (χ4v) is 0.600. The Morgan fingerprint density at radius 2 is 1.21 bits per heavy atom. The van der Waals surface area contributed by atoms with Gasteiger partial charge in [0.15, 0.2) is 0 Å². The first-order valence-electron chi connectivity index (χ1n) is 4.67. The second-order valence-corrected chi connectivity index (χ2v) is 2.76. The quantitative estimate of drug-likeness (QED) is 0.462. The molecule has 1 aromatic rings. The lowest BCUT2D eigenvalue weighted by Gasteiger charge is -1.81. The third-order valence-electron chi connectivity index (χ3n) is 0.756. The van der Waals surface area contributed by atoms with Crippen LogP contribution in [0.3, 0.4) is 0 Å². The molecule has 1 aromatic carbocycles. The van der Waals surface area contributed by atoms with Gasteiger partial charge >= 0.3 is 0 Å². The van der Waals surface area contributed by atoms with E-state index in [1.54, 1.807) is 0 Å². The molecule has 0 heterocycles. The van der Waals surface area contributed by atoms with Crippen molar-refractivity contribution in [2.75, 3.05) is 5.34 Å². The van der Waals surface area contributed by atoms with Gasteiger partial charge in [-0.05, 0) is 12.1 Å². The van der Waals surface area contributed by atoms with E-state index in [4.69, 9.17) is 23.2 Å². The number of hydrogen-bond donors (Lipinski definition) is 1. The fraction of sp³-hybridized carbons (Fsp3) is 0.455. The van der Waals surface area contributed by atoms with E-state index in [0.29, 0.717) is 0 Å². The fourth-order valence-electron chi connectivity index (χ4n) is 0.428. The van der Waals surface area contributed by atoms with E-state index in [2.05, 4.69) is 12.6 Å². The molecule has 0 spiro atoms. The summed E-state index contributed by atoms with van der Waals surface area (Å²) in [5.41, 5.74) is 0. The molecular weight excluding hydrogens is 235 g/mol. The van der Waals surface area contributed by atoms with Crippen LogP contribution < -0.4 is 0 Å². The van der Waals surface area contributed by atoms with Gasteiger partial charge in [-0.25, -0.2) is 0 Å². The molecule has 0 fully saturated rings. The minimum atomic E-state index is 0.194. The van der Waals surface area contributed by atoms with Crippen LogP contribution in [-0.2, 0) is 0 Å². The minimum Gasteiger partial charge on any atom is -0.143 e. The summed E-state index contributed by atoms with van der Waals surface area (Å²) >= 11 is 13.6. The number of hydrogen-bond acceptors (Lipinski definition) is 1. The van der Waals surface area contributed by atoms with Crippen LogP contribution in [0.5, 0.6) is 0 Å². The predicted molar refractivity (Wildman–Crippen MR) is 73.0 cm³/mol. The van der Waals surface area contributed by atoms with E-state index < -0.39 is 0 Å². The zero-order valence-corrected chi connectivity index (χ0v) is 11.7. The van der Waals surface area contributed by atoms with Gasteiger partial charge in [0.25, 0.3) is 0 Å². The highest BCUT2D eigenvalue weighted by atomic mass is 35.5. The molecule has 3 heteroatoms. The van der Waals surface area contributed by atoms with Gasteiger partial charge in [0.2, 0.25) is 0 Å². The SMILES string of the molecule is CC.CC.ClCCl.Sc1ccccc1. The van der Waals surface area contributed by atoms with Crippen molar-refractivity contribution in [3.63, 3.8) is 0 Å². The molecule has 0 atom stereocenters. The van der Waals surface area contributed by atoms with Crippen molar-refractivity contribution in [1.82, 2.24) is 0 Å². The molecule has 0 radical (unpaired) electrons. The Kier molecular flexibility index (Phi) is 32.6.